The van der Waals surface area contributed by atoms with Crippen LogP contribution >= 0.6 is 0 Å². The molecule has 2 aromatic rings. The van der Waals surface area contributed by atoms with Gasteiger partial charge in [-0.15, -0.1) is 9.94 Å². The minimum absolute atomic E-state index is 0.616. The van der Waals surface area contributed by atoms with Crippen molar-refractivity contribution in [2.24, 2.45) is 0 Å². The average Bonchev–Trinajstić information content (AvgIpc) is 2.65. The molecule has 1 aromatic carbocycles. The molecule has 0 atom stereocenters. The highest BCUT2D eigenvalue weighted by Crippen LogP contribution is 2.18. The average molecular weight is 185 g/mol. The number of nitrogens with zero attached hydrogens (tertiary/aromatic N) is 3. The van der Waals surface area contributed by atoms with Crippen molar-refractivity contribution in [2.75, 3.05) is 0 Å². The van der Waals surface area contributed by atoms with E-state index in [2.05, 4.69) is 5.10 Å². The lowest BCUT2D eigenvalue weighted by Gasteiger charge is -1.95. The van der Waals surface area contributed by atoms with E-state index in [-0.39, 0.29) is 0 Å². The molecule has 2 rings (SSSR count). The summed E-state index contributed by atoms with van der Waals surface area (Å²) in [4.78, 5) is 0.757. The van der Waals surface area contributed by atoms with Crippen molar-refractivity contribution >= 4 is 0 Å². The van der Waals surface area contributed by atoms with E-state index in [0.29, 0.717) is 5.56 Å². The summed E-state index contributed by atoms with van der Waals surface area (Å²) in [6, 6.07) is 9.12. The zero-order valence-electron chi connectivity index (χ0n) is 7.25. The molecule has 1 aromatic heterocycles. The van der Waals surface area contributed by atoms with Crippen molar-refractivity contribution in [3.8, 4) is 17.2 Å². The molecule has 0 aliphatic rings. The van der Waals surface area contributed by atoms with Gasteiger partial charge in [-0.05, 0) is 17.7 Å². The molecule has 14 heavy (non-hydrogen) atoms. The second-order valence-corrected chi connectivity index (χ2v) is 2.84. The maximum atomic E-state index is 8.97. The van der Waals surface area contributed by atoms with Gasteiger partial charge in [-0.3, -0.25) is 0 Å². The van der Waals surface area contributed by atoms with Gasteiger partial charge in [0.15, 0.2) is 0 Å². The summed E-state index contributed by atoms with van der Waals surface area (Å²) >= 11 is 0. The molecule has 0 amide bonds. The van der Waals surface area contributed by atoms with Crippen molar-refractivity contribution in [2.45, 2.75) is 0 Å². The smallest absolute Gasteiger partial charge is 0.0991 e. The van der Waals surface area contributed by atoms with E-state index in [1.807, 2.05) is 18.2 Å². The molecule has 0 fully saturated rings. The van der Waals surface area contributed by atoms with E-state index < -0.39 is 0 Å². The van der Waals surface area contributed by atoms with Gasteiger partial charge in [-0.25, -0.2) is 0 Å². The summed E-state index contributed by atoms with van der Waals surface area (Å²) < 4.78 is 0. The van der Waals surface area contributed by atoms with E-state index in [9.17, 15) is 0 Å². The van der Waals surface area contributed by atoms with Crippen molar-refractivity contribution in [3.63, 3.8) is 0 Å². The largest absolute Gasteiger partial charge is 0.412 e. The summed E-state index contributed by atoms with van der Waals surface area (Å²) in [5.74, 6) is 0. The topological polar surface area (TPSA) is 61.8 Å². The van der Waals surface area contributed by atoms with Crippen molar-refractivity contribution < 1.29 is 5.21 Å². The van der Waals surface area contributed by atoms with Crippen LogP contribution < -0.4 is 0 Å². The Balaban J connectivity index is 2.39. The molecule has 0 saturated carbocycles. The Morgan fingerprint density at radius 2 is 1.93 bits per heavy atom. The predicted octanol–water partition coefficient (Wildman–Crippen LogP) is 1.66. The van der Waals surface area contributed by atoms with Crippen molar-refractivity contribution in [1.82, 2.24) is 9.94 Å². The fourth-order valence-electron chi connectivity index (χ4n) is 1.20. The Morgan fingerprint density at radius 1 is 1.21 bits per heavy atom. The molecule has 0 bridgehead atoms. The van der Waals surface area contributed by atoms with Crippen molar-refractivity contribution in [3.05, 3.63) is 42.2 Å². The van der Waals surface area contributed by atoms with Gasteiger partial charge < -0.3 is 5.21 Å². The van der Waals surface area contributed by atoms with Crippen LogP contribution in [0.25, 0.3) is 11.1 Å². The number of nitriles is 1. The summed E-state index contributed by atoms with van der Waals surface area (Å²) in [7, 11) is 0. The minimum atomic E-state index is 0.616. The lowest BCUT2D eigenvalue weighted by molar-refractivity contribution is 0.149. The van der Waals surface area contributed by atoms with Crippen LogP contribution in [-0.2, 0) is 0 Å². The van der Waals surface area contributed by atoms with Crippen LogP contribution in [-0.4, -0.2) is 15.2 Å². The summed E-state index contributed by atoms with van der Waals surface area (Å²) in [5.41, 5.74) is 2.35. The standard InChI is InChI=1S/C10H7N3O/c11-5-8-1-3-9(4-2-8)10-6-12-13(14)7-10/h1-4,6-7,14H. The third-order valence-electron chi connectivity index (χ3n) is 1.92. The molecule has 1 heterocycles. The Labute approximate surface area is 80.6 Å². The van der Waals surface area contributed by atoms with E-state index in [4.69, 9.17) is 10.5 Å². The van der Waals surface area contributed by atoms with Gasteiger partial charge in [0, 0.05) is 5.56 Å². The molecule has 4 nitrogen and oxygen atoms in total. The molecule has 0 unspecified atom stereocenters. The molecule has 0 radical (unpaired) electrons. The molecule has 0 aliphatic heterocycles. The fourth-order valence-corrected chi connectivity index (χ4v) is 1.20. The van der Waals surface area contributed by atoms with E-state index in [1.165, 1.54) is 6.20 Å². The van der Waals surface area contributed by atoms with Crippen LogP contribution in [0.15, 0.2) is 36.7 Å². The molecule has 1 N–H and O–H groups in total. The fraction of sp³-hybridized carbons (Fsp3) is 0. The highest BCUT2D eigenvalue weighted by molar-refractivity contribution is 5.62. The molecular formula is C10H7N3O. The normalized spacial score (nSPS) is 9.64. The first kappa shape index (κ1) is 8.32. The Hall–Kier alpha value is -2.28. The van der Waals surface area contributed by atoms with Gasteiger partial charge in [-0.2, -0.15) is 5.26 Å². The predicted molar refractivity (Wildman–Crippen MR) is 49.6 cm³/mol. The van der Waals surface area contributed by atoms with Gasteiger partial charge in [-0.1, -0.05) is 12.1 Å². The minimum Gasteiger partial charge on any atom is -0.412 e. The summed E-state index contributed by atoms with van der Waals surface area (Å²) in [5, 5.41) is 21.2. The molecular weight excluding hydrogens is 178 g/mol. The maximum Gasteiger partial charge on any atom is 0.0991 e. The molecule has 0 saturated heterocycles. The molecule has 4 heteroatoms. The first-order valence-corrected chi connectivity index (χ1v) is 4.04. The summed E-state index contributed by atoms with van der Waals surface area (Å²) in [6.45, 7) is 0. The number of hydrogen-bond acceptors (Lipinski definition) is 3. The second kappa shape index (κ2) is 3.23. The van der Waals surface area contributed by atoms with E-state index in [1.54, 1.807) is 18.3 Å². The lowest BCUT2D eigenvalue weighted by Crippen LogP contribution is -1.86. The van der Waals surface area contributed by atoms with Crippen molar-refractivity contribution in [1.29, 1.82) is 5.26 Å². The first-order valence-electron chi connectivity index (χ1n) is 4.04. The number of aromatic nitrogens is 2. The highest BCUT2D eigenvalue weighted by atomic mass is 16.5. The molecule has 0 spiro atoms. The van der Waals surface area contributed by atoms with Gasteiger partial charge in [0.05, 0.1) is 24.0 Å². The van der Waals surface area contributed by atoms with Crippen LogP contribution in [0.1, 0.15) is 5.56 Å². The van der Waals surface area contributed by atoms with Gasteiger partial charge in [0.2, 0.25) is 0 Å². The summed E-state index contributed by atoms with van der Waals surface area (Å²) in [6.07, 6.45) is 3.06. The molecule has 0 aliphatic carbocycles. The third kappa shape index (κ3) is 1.43. The number of benzene rings is 1. The number of rotatable bonds is 1. The second-order valence-electron chi connectivity index (χ2n) is 2.84. The first-order chi connectivity index (χ1) is 6.79. The lowest BCUT2D eigenvalue weighted by atomic mass is 10.1. The van der Waals surface area contributed by atoms with E-state index in [0.717, 1.165) is 16.0 Å². The molecule has 68 valence electrons. The van der Waals surface area contributed by atoms with Gasteiger partial charge in [0.25, 0.3) is 0 Å². The quantitative estimate of drug-likeness (QED) is 0.687. The Bertz CT molecular complexity index is 479. The van der Waals surface area contributed by atoms with E-state index >= 15 is 0 Å². The zero-order valence-corrected chi connectivity index (χ0v) is 7.25. The van der Waals surface area contributed by atoms with Crippen LogP contribution in [0.2, 0.25) is 0 Å². The van der Waals surface area contributed by atoms with Crippen LogP contribution in [0.5, 0.6) is 0 Å². The van der Waals surface area contributed by atoms with Crippen LogP contribution in [0.3, 0.4) is 0 Å². The maximum absolute atomic E-state index is 8.97. The van der Waals surface area contributed by atoms with Crippen LogP contribution in [0.4, 0.5) is 0 Å². The zero-order chi connectivity index (χ0) is 9.97. The van der Waals surface area contributed by atoms with Gasteiger partial charge >= 0.3 is 0 Å². The highest BCUT2D eigenvalue weighted by Gasteiger charge is 2.00. The monoisotopic (exact) mass is 185 g/mol. The third-order valence-corrected chi connectivity index (χ3v) is 1.92. The SMILES string of the molecule is N#Cc1ccc(-c2cnn(O)c2)cc1. The Kier molecular flexibility index (Phi) is 1.92. The van der Waals surface area contributed by atoms with Gasteiger partial charge in [0.1, 0.15) is 0 Å². The Morgan fingerprint density at radius 3 is 2.43 bits per heavy atom. The van der Waals surface area contributed by atoms with Crippen LogP contribution in [0, 0.1) is 11.3 Å². The number of hydrogen-bond donors (Lipinski definition) is 1.